The maximum Gasteiger partial charge on any atom is 0.293 e. The third-order valence-electron chi connectivity index (χ3n) is 5.44. The van der Waals surface area contributed by atoms with Gasteiger partial charge in [-0.05, 0) is 71.6 Å². The summed E-state index contributed by atoms with van der Waals surface area (Å²) in [5.74, 6) is 0.0328. The standard InChI is InChI=1S/C25H20N2O3/c28-24(20-10-9-17-5-1-2-6-18(17)15-20)26-21-11-12-22-19(16-21)7-3-13-27(22)25(29)23-8-4-14-30-23/h1-2,4-6,8-12,14-16H,3,7,13H2,(H,26,28). The van der Waals surface area contributed by atoms with Crippen LogP contribution in [0.1, 0.15) is 32.9 Å². The van der Waals surface area contributed by atoms with Gasteiger partial charge >= 0.3 is 0 Å². The lowest BCUT2D eigenvalue weighted by molar-refractivity contribution is 0.0957. The van der Waals surface area contributed by atoms with Crippen molar-refractivity contribution in [2.75, 3.05) is 16.8 Å². The van der Waals surface area contributed by atoms with Crippen molar-refractivity contribution in [3.8, 4) is 0 Å². The second-order valence-corrected chi connectivity index (χ2v) is 7.40. The van der Waals surface area contributed by atoms with Crippen molar-refractivity contribution in [2.45, 2.75) is 12.8 Å². The van der Waals surface area contributed by atoms with Crippen molar-refractivity contribution in [1.29, 1.82) is 0 Å². The van der Waals surface area contributed by atoms with Crippen molar-refractivity contribution in [1.82, 2.24) is 0 Å². The molecule has 0 saturated heterocycles. The first-order valence-electron chi connectivity index (χ1n) is 9.97. The average molecular weight is 396 g/mol. The third kappa shape index (κ3) is 3.35. The number of benzene rings is 3. The maximum atomic E-state index is 12.8. The van der Waals surface area contributed by atoms with Gasteiger partial charge in [0.2, 0.25) is 0 Å². The van der Waals surface area contributed by atoms with Crippen LogP contribution in [0, 0.1) is 0 Å². The van der Waals surface area contributed by atoms with Gasteiger partial charge in [0.25, 0.3) is 11.8 Å². The second-order valence-electron chi connectivity index (χ2n) is 7.40. The molecule has 2 amide bonds. The fourth-order valence-corrected chi connectivity index (χ4v) is 3.95. The summed E-state index contributed by atoms with van der Waals surface area (Å²) in [5.41, 5.74) is 3.24. The number of hydrogen-bond acceptors (Lipinski definition) is 3. The molecule has 0 aliphatic carbocycles. The van der Waals surface area contributed by atoms with Crippen molar-refractivity contribution < 1.29 is 14.0 Å². The fraction of sp³-hybridized carbons (Fsp3) is 0.120. The quantitative estimate of drug-likeness (QED) is 0.513. The van der Waals surface area contributed by atoms with Gasteiger partial charge in [0, 0.05) is 23.5 Å². The van der Waals surface area contributed by atoms with Gasteiger partial charge in [-0.25, -0.2) is 0 Å². The number of furan rings is 1. The first-order valence-corrected chi connectivity index (χ1v) is 9.97. The summed E-state index contributed by atoms with van der Waals surface area (Å²) in [5, 5.41) is 5.12. The first-order chi connectivity index (χ1) is 14.7. The Morgan fingerprint density at radius 2 is 1.77 bits per heavy atom. The van der Waals surface area contributed by atoms with Gasteiger partial charge in [-0.15, -0.1) is 0 Å². The molecule has 1 aromatic heterocycles. The molecule has 0 atom stereocenters. The highest BCUT2D eigenvalue weighted by Crippen LogP contribution is 2.31. The van der Waals surface area contributed by atoms with Crippen LogP contribution in [0.5, 0.6) is 0 Å². The van der Waals surface area contributed by atoms with E-state index in [4.69, 9.17) is 4.42 Å². The Morgan fingerprint density at radius 1 is 0.900 bits per heavy atom. The van der Waals surface area contributed by atoms with Gasteiger partial charge in [0.15, 0.2) is 5.76 Å². The molecular weight excluding hydrogens is 376 g/mol. The average Bonchev–Trinajstić information content (AvgIpc) is 3.32. The Hall–Kier alpha value is -3.86. The molecule has 4 aromatic rings. The summed E-state index contributed by atoms with van der Waals surface area (Å²) in [6.45, 7) is 0.648. The molecule has 1 aliphatic rings. The van der Waals surface area contributed by atoms with Crippen LogP contribution in [0.15, 0.2) is 83.5 Å². The highest BCUT2D eigenvalue weighted by Gasteiger charge is 2.25. The molecule has 30 heavy (non-hydrogen) atoms. The van der Waals surface area contributed by atoms with Crippen molar-refractivity contribution in [3.63, 3.8) is 0 Å². The molecule has 3 aromatic carbocycles. The van der Waals surface area contributed by atoms with Gasteiger partial charge in [-0.1, -0.05) is 30.3 Å². The maximum absolute atomic E-state index is 12.8. The van der Waals surface area contributed by atoms with E-state index in [1.807, 2.05) is 60.7 Å². The fourth-order valence-electron chi connectivity index (χ4n) is 3.95. The van der Waals surface area contributed by atoms with Crippen molar-refractivity contribution >= 4 is 34.0 Å². The van der Waals surface area contributed by atoms with E-state index in [2.05, 4.69) is 5.32 Å². The zero-order valence-electron chi connectivity index (χ0n) is 16.3. The first kappa shape index (κ1) is 18.2. The molecule has 0 unspecified atom stereocenters. The van der Waals surface area contributed by atoms with Crippen LogP contribution in [0.3, 0.4) is 0 Å². The molecule has 1 aliphatic heterocycles. The highest BCUT2D eigenvalue weighted by atomic mass is 16.3. The Bertz CT molecular complexity index is 1240. The van der Waals surface area contributed by atoms with Crippen LogP contribution in [-0.2, 0) is 6.42 Å². The monoisotopic (exact) mass is 396 g/mol. The smallest absolute Gasteiger partial charge is 0.293 e. The molecule has 0 fully saturated rings. The Labute approximate surface area is 173 Å². The van der Waals surface area contributed by atoms with E-state index in [9.17, 15) is 9.59 Å². The molecule has 148 valence electrons. The number of rotatable bonds is 3. The van der Waals surface area contributed by atoms with E-state index in [0.717, 1.165) is 40.6 Å². The Kier molecular flexibility index (Phi) is 4.56. The molecular formula is C25H20N2O3. The van der Waals surface area contributed by atoms with Gasteiger partial charge in [0.05, 0.1) is 6.26 Å². The predicted octanol–water partition coefficient (Wildman–Crippen LogP) is 5.28. The lowest BCUT2D eigenvalue weighted by atomic mass is 10.0. The largest absolute Gasteiger partial charge is 0.459 e. The number of nitrogens with one attached hydrogen (secondary N) is 1. The molecule has 5 rings (SSSR count). The number of anilines is 2. The zero-order valence-corrected chi connectivity index (χ0v) is 16.3. The van der Waals surface area contributed by atoms with E-state index in [1.54, 1.807) is 17.0 Å². The number of fused-ring (bicyclic) bond motifs is 2. The summed E-state index contributed by atoms with van der Waals surface area (Å²) in [6, 6.07) is 22.7. The number of aryl methyl sites for hydroxylation is 1. The topological polar surface area (TPSA) is 62.6 Å². The zero-order chi connectivity index (χ0) is 20.5. The normalized spacial score (nSPS) is 13.1. The number of nitrogens with zero attached hydrogens (tertiary/aromatic N) is 1. The number of hydrogen-bond donors (Lipinski definition) is 1. The second kappa shape index (κ2) is 7.52. The van der Waals surface area contributed by atoms with Gasteiger partial charge in [-0.3, -0.25) is 9.59 Å². The Morgan fingerprint density at radius 3 is 2.60 bits per heavy atom. The van der Waals surface area contributed by atoms with Crippen LogP contribution in [0.25, 0.3) is 10.8 Å². The van der Waals surface area contributed by atoms with Crippen LogP contribution in [-0.4, -0.2) is 18.4 Å². The molecule has 1 N–H and O–H groups in total. The lowest BCUT2D eigenvalue weighted by Gasteiger charge is -2.29. The molecule has 5 nitrogen and oxygen atoms in total. The van der Waals surface area contributed by atoms with Gasteiger partial charge in [0.1, 0.15) is 0 Å². The molecule has 5 heteroatoms. The van der Waals surface area contributed by atoms with Gasteiger partial charge < -0.3 is 14.6 Å². The minimum atomic E-state index is -0.153. The van der Waals surface area contributed by atoms with Crippen LogP contribution in [0.4, 0.5) is 11.4 Å². The van der Waals surface area contributed by atoms with Crippen LogP contribution >= 0.6 is 0 Å². The summed E-state index contributed by atoms with van der Waals surface area (Å²) in [4.78, 5) is 27.2. The lowest BCUT2D eigenvalue weighted by Crippen LogP contribution is -2.35. The van der Waals surface area contributed by atoms with Crippen molar-refractivity contribution in [3.05, 3.63) is 95.9 Å². The van der Waals surface area contributed by atoms with E-state index in [0.29, 0.717) is 17.9 Å². The Balaban J connectivity index is 1.38. The van der Waals surface area contributed by atoms with E-state index in [1.165, 1.54) is 6.26 Å². The summed E-state index contributed by atoms with van der Waals surface area (Å²) in [7, 11) is 0. The summed E-state index contributed by atoms with van der Waals surface area (Å²) in [6.07, 6.45) is 3.22. The molecule has 0 saturated carbocycles. The highest BCUT2D eigenvalue weighted by molar-refractivity contribution is 6.07. The molecule has 0 bridgehead atoms. The van der Waals surface area contributed by atoms with Crippen molar-refractivity contribution in [2.24, 2.45) is 0 Å². The molecule has 2 heterocycles. The van der Waals surface area contributed by atoms with E-state index in [-0.39, 0.29) is 11.8 Å². The number of carbonyl (C=O) groups excluding carboxylic acids is 2. The van der Waals surface area contributed by atoms with Gasteiger partial charge in [-0.2, -0.15) is 0 Å². The summed E-state index contributed by atoms with van der Waals surface area (Å²) >= 11 is 0. The number of carbonyl (C=O) groups is 2. The van der Waals surface area contributed by atoms with E-state index >= 15 is 0 Å². The number of amides is 2. The minimum Gasteiger partial charge on any atom is -0.459 e. The third-order valence-corrected chi connectivity index (χ3v) is 5.44. The summed E-state index contributed by atoms with van der Waals surface area (Å²) < 4.78 is 5.27. The van der Waals surface area contributed by atoms with Crippen LogP contribution in [0.2, 0.25) is 0 Å². The molecule has 0 radical (unpaired) electrons. The van der Waals surface area contributed by atoms with E-state index < -0.39 is 0 Å². The molecule has 0 spiro atoms. The minimum absolute atomic E-state index is 0.145. The van der Waals surface area contributed by atoms with Crippen LogP contribution < -0.4 is 10.2 Å². The SMILES string of the molecule is O=C(Nc1ccc2c(c1)CCCN2C(=O)c1ccco1)c1ccc2ccccc2c1. The predicted molar refractivity (Wildman–Crippen MR) is 117 cm³/mol.